The highest BCUT2D eigenvalue weighted by Crippen LogP contribution is 2.10. The van der Waals surface area contributed by atoms with Crippen LogP contribution in [0, 0.1) is 0 Å². The third-order valence-electron chi connectivity index (χ3n) is 3.59. The van der Waals surface area contributed by atoms with Gasteiger partial charge in [0.1, 0.15) is 0 Å². The summed E-state index contributed by atoms with van der Waals surface area (Å²) in [5.41, 5.74) is 0. The van der Waals surface area contributed by atoms with Crippen molar-refractivity contribution >= 4 is 11.9 Å². The molecule has 0 saturated heterocycles. The average Bonchev–Trinajstić information content (AvgIpc) is 3.04. The molecule has 0 radical (unpaired) electrons. The Labute approximate surface area is 148 Å². The first-order valence-corrected chi connectivity index (χ1v) is 8.81. The maximum absolute atomic E-state index is 10.2. The van der Waals surface area contributed by atoms with Gasteiger partial charge in [0, 0.05) is 0 Å². The Morgan fingerprint density at radius 2 is 1.24 bits per heavy atom. The van der Waals surface area contributed by atoms with Gasteiger partial charge in [-0.15, -0.1) is 0 Å². The Balaban J connectivity index is 0.000000472. The molecule has 0 fully saturated rings. The normalized spacial score (nSPS) is 10.4. The van der Waals surface area contributed by atoms with E-state index >= 15 is 0 Å². The fourth-order valence-electron chi connectivity index (χ4n) is 2.21. The zero-order valence-corrected chi connectivity index (χ0v) is 14.8. The first kappa shape index (κ1) is 23.1. The maximum Gasteiger partial charge on any atom is 0.371 e. The van der Waals surface area contributed by atoms with Crippen molar-refractivity contribution in [2.75, 3.05) is 0 Å². The van der Waals surface area contributed by atoms with Crippen molar-refractivity contribution in [1.82, 2.24) is 0 Å². The Kier molecular flexibility index (Phi) is 13.4. The summed E-state index contributed by atoms with van der Waals surface area (Å²) in [4.78, 5) is 20.3. The van der Waals surface area contributed by atoms with Gasteiger partial charge in [0.15, 0.2) is 6.29 Å². The third-order valence-corrected chi connectivity index (χ3v) is 3.59. The van der Waals surface area contributed by atoms with E-state index < -0.39 is 18.2 Å². The minimum atomic E-state index is -1.28. The van der Waals surface area contributed by atoms with Gasteiger partial charge in [0.2, 0.25) is 11.5 Å². The van der Waals surface area contributed by atoms with Crippen LogP contribution < -0.4 is 0 Å². The lowest BCUT2D eigenvalue weighted by Gasteiger charge is -2.03. The zero-order chi connectivity index (χ0) is 19.1. The van der Waals surface area contributed by atoms with Crippen molar-refractivity contribution in [3.63, 3.8) is 0 Å². The van der Waals surface area contributed by atoms with Crippen LogP contribution in [-0.4, -0.2) is 38.7 Å². The Morgan fingerprint density at radius 3 is 1.56 bits per heavy atom. The Hall–Kier alpha value is -1.86. The number of aliphatic hydroxyl groups is 2. The monoisotopic (exact) mass is 358 g/mol. The molecule has 1 aromatic rings. The summed E-state index contributed by atoms with van der Waals surface area (Å²) in [7, 11) is 0. The van der Waals surface area contributed by atoms with E-state index in [-0.39, 0.29) is 11.5 Å². The van der Waals surface area contributed by atoms with Gasteiger partial charge in [-0.1, -0.05) is 58.3 Å². The van der Waals surface area contributed by atoms with E-state index in [1.807, 2.05) is 0 Å². The highest BCUT2D eigenvalue weighted by atomic mass is 16.5. The minimum absolute atomic E-state index is 0.373. The fraction of sp³-hybridized carbons (Fsp3) is 0.667. The second kappa shape index (κ2) is 14.5. The molecule has 1 heterocycles. The fourth-order valence-corrected chi connectivity index (χ4v) is 2.21. The highest BCUT2D eigenvalue weighted by Gasteiger charge is 2.12. The molecular weight excluding hydrogens is 328 g/mol. The predicted molar refractivity (Wildman–Crippen MR) is 92.7 cm³/mol. The lowest BCUT2D eigenvalue weighted by Crippen LogP contribution is -2.02. The molecule has 1 aromatic heterocycles. The molecule has 0 unspecified atom stereocenters. The molecule has 0 amide bonds. The van der Waals surface area contributed by atoms with E-state index in [9.17, 15) is 9.59 Å². The van der Waals surface area contributed by atoms with E-state index in [0.29, 0.717) is 6.42 Å². The second-order valence-corrected chi connectivity index (χ2v) is 5.87. The maximum atomic E-state index is 10.2. The number of hydrogen-bond donors (Lipinski definition) is 4. The molecule has 7 heteroatoms. The number of aliphatic hydroxyl groups excluding tert-OH is 1. The van der Waals surface area contributed by atoms with Crippen LogP contribution in [0.4, 0.5) is 0 Å². The van der Waals surface area contributed by atoms with Crippen molar-refractivity contribution < 1.29 is 34.4 Å². The second-order valence-electron chi connectivity index (χ2n) is 5.87. The number of carboxylic acids is 2. The van der Waals surface area contributed by atoms with Gasteiger partial charge in [-0.25, -0.2) is 9.59 Å². The van der Waals surface area contributed by atoms with E-state index in [0.717, 1.165) is 25.0 Å². The molecule has 0 aliphatic rings. The number of unbranched alkanes of at least 4 members (excludes halogenated alkanes) is 8. The van der Waals surface area contributed by atoms with Crippen molar-refractivity contribution in [2.45, 2.75) is 77.4 Å². The Morgan fingerprint density at radius 1 is 0.840 bits per heavy atom. The van der Waals surface area contributed by atoms with Crippen LogP contribution in [0.3, 0.4) is 0 Å². The summed E-state index contributed by atoms with van der Waals surface area (Å²) >= 11 is 0. The quantitative estimate of drug-likeness (QED) is 0.329. The summed E-state index contributed by atoms with van der Waals surface area (Å²) < 4.78 is 4.41. The van der Waals surface area contributed by atoms with Crippen LogP contribution in [0.25, 0.3) is 0 Å². The van der Waals surface area contributed by atoms with Crippen molar-refractivity contribution in [3.8, 4) is 0 Å². The van der Waals surface area contributed by atoms with E-state index in [1.54, 1.807) is 0 Å². The largest absolute Gasteiger partial charge is 0.475 e. The zero-order valence-electron chi connectivity index (χ0n) is 14.8. The smallest absolute Gasteiger partial charge is 0.371 e. The summed E-state index contributed by atoms with van der Waals surface area (Å²) in [6.45, 7) is 2.24. The van der Waals surface area contributed by atoms with Crippen LogP contribution in [-0.2, 0) is 0 Å². The van der Waals surface area contributed by atoms with Gasteiger partial charge in [-0.05, 0) is 25.0 Å². The van der Waals surface area contributed by atoms with E-state index in [1.165, 1.54) is 44.9 Å². The van der Waals surface area contributed by atoms with E-state index in [2.05, 4.69) is 11.3 Å². The standard InChI is InChI=1S/C12H26O2.C6H4O5/c1-2-3-4-5-6-7-8-9-10-11-12(13)14;7-5(8)3-1-2-4(11-3)6(9)10/h12-14H,2-11H2,1H3;1-2H,(H,7,8)(H,9,10). The van der Waals surface area contributed by atoms with Crippen molar-refractivity contribution in [1.29, 1.82) is 0 Å². The molecule has 144 valence electrons. The summed E-state index contributed by atoms with van der Waals surface area (Å²) in [6, 6.07) is 2.18. The third kappa shape index (κ3) is 13.1. The molecule has 0 saturated carbocycles. The summed E-state index contributed by atoms with van der Waals surface area (Å²) in [6.07, 6.45) is 10.9. The molecular formula is C18H30O7. The van der Waals surface area contributed by atoms with E-state index in [4.69, 9.17) is 20.4 Å². The first-order valence-electron chi connectivity index (χ1n) is 8.81. The highest BCUT2D eigenvalue weighted by molar-refractivity contribution is 5.88. The molecule has 0 spiro atoms. The predicted octanol–water partition coefficient (Wildman–Crippen LogP) is 3.89. The number of furan rings is 1. The van der Waals surface area contributed by atoms with Crippen LogP contribution in [0.2, 0.25) is 0 Å². The number of hydrogen-bond acceptors (Lipinski definition) is 5. The molecule has 25 heavy (non-hydrogen) atoms. The van der Waals surface area contributed by atoms with Gasteiger partial charge < -0.3 is 24.8 Å². The lowest BCUT2D eigenvalue weighted by molar-refractivity contribution is -0.0466. The minimum Gasteiger partial charge on any atom is -0.475 e. The first-order chi connectivity index (χ1) is 11.9. The van der Waals surface area contributed by atoms with Crippen LogP contribution in [0.5, 0.6) is 0 Å². The van der Waals surface area contributed by atoms with Crippen molar-refractivity contribution in [3.05, 3.63) is 23.7 Å². The molecule has 0 aliphatic carbocycles. The number of carboxylic acid groups (broad SMARTS) is 2. The molecule has 0 aliphatic heterocycles. The average molecular weight is 358 g/mol. The topological polar surface area (TPSA) is 128 Å². The molecule has 0 bridgehead atoms. The number of aromatic carboxylic acids is 2. The number of carbonyl (C=O) groups is 2. The Bertz CT molecular complexity index is 451. The number of rotatable bonds is 12. The van der Waals surface area contributed by atoms with Crippen LogP contribution in [0.15, 0.2) is 16.5 Å². The van der Waals surface area contributed by atoms with Gasteiger partial charge in [0.05, 0.1) is 0 Å². The summed E-state index contributed by atoms with van der Waals surface area (Å²) in [5, 5.41) is 33.8. The van der Waals surface area contributed by atoms with Gasteiger partial charge in [-0.2, -0.15) is 0 Å². The molecule has 1 rings (SSSR count). The van der Waals surface area contributed by atoms with Gasteiger partial charge in [0.25, 0.3) is 0 Å². The van der Waals surface area contributed by atoms with Gasteiger partial charge >= 0.3 is 11.9 Å². The lowest BCUT2D eigenvalue weighted by atomic mass is 10.1. The molecule has 7 nitrogen and oxygen atoms in total. The molecule has 0 atom stereocenters. The van der Waals surface area contributed by atoms with Crippen molar-refractivity contribution in [2.24, 2.45) is 0 Å². The van der Waals surface area contributed by atoms with Gasteiger partial charge in [-0.3, -0.25) is 0 Å². The SMILES string of the molecule is CCCCCCCCCCCC(O)O.O=C(O)c1ccc(C(=O)O)o1. The van der Waals surface area contributed by atoms with Crippen LogP contribution >= 0.6 is 0 Å². The van der Waals surface area contributed by atoms with Crippen LogP contribution in [0.1, 0.15) is 92.2 Å². The molecule has 0 aromatic carbocycles. The summed E-state index contributed by atoms with van der Waals surface area (Å²) in [5.74, 6) is -3.31. The molecule has 4 N–H and O–H groups in total.